The molecule has 1 saturated heterocycles. The van der Waals surface area contributed by atoms with E-state index < -0.39 is 0 Å². The van der Waals surface area contributed by atoms with E-state index in [1.165, 1.54) is 0 Å². The highest BCUT2D eigenvalue weighted by atomic mass is 16.2. The molecule has 0 unspecified atom stereocenters. The van der Waals surface area contributed by atoms with E-state index in [4.69, 9.17) is 0 Å². The van der Waals surface area contributed by atoms with Crippen LogP contribution in [0, 0.1) is 6.92 Å². The number of pyridine rings is 1. The topological polar surface area (TPSA) is 45.2 Å². The number of aromatic nitrogens is 1. The van der Waals surface area contributed by atoms with Crippen molar-refractivity contribution in [3.8, 4) is 0 Å². The summed E-state index contributed by atoms with van der Waals surface area (Å²) in [5.41, 5.74) is 4.01. The minimum Gasteiger partial charge on any atom is -0.379 e. The van der Waals surface area contributed by atoms with Crippen LogP contribution in [0.3, 0.4) is 0 Å². The Hall–Kier alpha value is -2.36. The first kappa shape index (κ1) is 13.6. The molecule has 1 aromatic carbocycles. The van der Waals surface area contributed by atoms with Crippen molar-refractivity contribution in [2.24, 2.45) is 0 Å². The number of hydrogen-bond acceptors (Lipinski definition) is 3. The van der Waals surface area contributed by atoms with Crippen molar-refractivity contribution >= 4 is 17.3 Å². The van der Waals surface area contributed by atoms with E-state index in [0.717, 1.165) is 35.7 Å². The van der Waals surface area contributed by atoms with Gasteiger partial charge >= 0.3 is 0 Å². The van der Waals surface area contributed by atoms with Gasteiger partial charge in [-0.05, 0) is 43.7 Å². The van der Waals surface area contributed by atoms with E-state index in [0.29, 0.717) is 13.0 Å². The number of anilines is 2. The maximum atomic E-state index is 11.8. The number of rotatable bonds is 4. The fourth-order valence-corrected chi connectivity index (χ4v) is 2.60. The molecule has 1 fully saturated rings. The summed E-state index contributed by atoms with van der Waals surface area (Å²) in [5, 5.41) is 3.37. The Kier molecular flexibility index (Phi) is 3.86. The number of carbonyl (C=O) groups excluding carboxylic acids is 1. The van der Waals surface area contributed by atoms with E-state index in [2.05, 4.69) is 10.3 Å². The van der Waals surface area contributed by atoms with Gasteiger partial charge in [0, 0.05) is 30.0 Å². The zero-order valence-electron chi connectivity index (χ0n) is 12.2. The number of nitrogens with zero attached hydrogens (tertiary/aromatic N) is 2. The van der Waals surface area contributed by atoms with E-state index >= 15 is 0 Å². The number of carbonyl (C=O) groups is 1. The van der Waals surface area contributed by atoms with Crippen molar-refractivity contribution in [3.63, 3.8) is 0 Å². The van der Waals surface area contributed by atoms with Gasteiger partial charge in [0.25, 0.3) is 0 Å². The zero-order valence-corrected chi connectivity index (χ0v) is 12.2. The maximum Gasteiger partial charge on any atom is 0.227 e. The third-order valence-electron chi connectivity index (χ3n) is 3.65. The quantitative estimate of drug-likeness (QED) is 0.936. The Balaban J connectivity index is 1.70. The summed E-state index contributed by atoms with van der Waals surface area (Å²) in [4.78, 5) is 18.1. The second-order valence-electron chi connectivity index (χ2n) is 5.32. The molecule has 1 aliphatic rings. The van der Waals surface area contributed by atoms with E-state index in [1.807, 2.05) is 54.3 Å². The monoisotopic (exact) mass is 281 g/mol. The highest BCUT2D eigenvalue weighted by Crippen LogP contribution is 2.24. The summed E-state index contributed by atoms with van der Waals surface area (Å²) in [6, 6.07) is 14.0. The third kappa shape index (κ3) is 3.21. The van der Waals surface area contributed by atoms with Crippen LogP contribution < -0.4 is 10.2 Å². The van der Waals surface area contributed by atoms with Gasteiger partial charge in [0.1, 0.15) is 0 Å². The standard InChI is InChI=1S/C17H19N3O/c1-13-5-2-7-15(19-13)12-18-14-6-3-8-16(11-14)20-10-4-9-17(20)21/h2-3,5-8,11,18H,4,9-10,12H2,1H3. The zero-order chi connectivity index (χ0) is 14.7. The summed E-state index contributed by atoms with van der Waals surface area (Å²) < 4.78 is 0. The van der Waals surface area contributed by atoms with Crippen LogP contribution in [-0.2, 0) is 11.3 Å². The van der Waals surface area contributed by atoms with Crippen molar-refractivity contribution in [1.29, 1.82) is 0 Å². The second kappa shape index (κ2) is 5.95. The Morgan fingerprint density at radius 3 is 2.86 bits per heavy atom. The normalized spacial score (nSPS) is 14.5. The Morgan fingerprint density at radius 1 is 1.24 bits per heavy atom. The van der Waals surface area contributed by atoms with Crippen molar-refractivity contribution in [2.45, 2.75) is 26.3 Å². The lowest BCUT2D eigenvalue weighted by Crippen LogP contribution is -2.23. The smallest absolute Gasteiger partial charge is 0.227 e. The molecule has 0 saturated carbocycles. The highest BCUT2D eigenvalue weighted by molar-refractivity contribution is 5.95. The van der Waals surface area contributed by atoms with Crippen LogP contribution in [-0.4, -0.2) is 17.4 Å². The number of benzene rings is 1. The highest BCUT2D eigenvalue weighted by Gasteiger charge is 2.21. The summed E-state index contributed by atoms with van der Waals surface area (Å²) in [7, 11) is 0. The Morgan fingerprint density at radius 2 is 2.10 bits per heavy atom. The molecule has 1 N–H and O–H groups in total. The van der Waals surface area contributed by atoms with Crippen LogP contribution in [0.15, 0.2) is 42.5 Å². The predicted molar refractivity (Wildman–Crippen MR) is 84.3 cm³/mol. The molecule has 0 bridgehead atoms. The molecule has 1 aliphatic heterocycles. The minimum atomic E-state index is 0.215. The summed E-state index contributed by atoms with van der Waals surface area (Å²) in [6.45, 7) is 3.49. The fraction of sp³-hybridized carbons (Fsp3) is 0.294. The molecule has 0 spiro atoms. The Bertz CT molecular complexity index is 654. The molecule has 108 valence electrons. The number of amides is 1. The van der Waals surface area contributed by atoms with Gasteiger partial charge in [-0.15, -0.1) is 0 Å². The van der Waals surface area contributed by atoms with Crippen LogP contribution in [0.5, 0.6) is 0 Å². The number of aryl methyl sites for hydroxylation is 1. The molecule has 0 aliphatic carbocycles. The number of nitrogens with one attached hydrogen (secondary N) is 1. The molecule has 4 heteroatoms. The molecule has 2 aromatic rings. The molecular formula is C17H19N3O. The first-order valence-corrected chi connectivity index (χ1v) is 7.29. The van der Waals surface area contributed by atoms with Gasteiger partial charge in [-0.1, -0.05) is 12.1 Å². The SMILES string of the molecule is Cc1cccc(CNc2cccc(N3CCCC3=O)c2)n1. The lowest BCUT2D eigenvalue weighted by atomic mass is 10.2. The molecule has 1 amide bonds. The third-order valence-corrected chi connectivity index (χ3v) is 3.65. The molecule has 2 heterocycles. The molecule has 4 nitrogen and oxygen atoms in total. The van der Waals surface area contributed by atoms with Crippen LogP contribution in [0.25, 0.3) is 0 Å². The average molecular weight is 281 g/mol. The van der Waals surface area contributed by atoms with Gasteiger partial charge in [-0.25, -0.2) is 0 Å². The van der Waals surface area contributed by atoms with Crippen LogP contribution in [0.2, 0.25) is 0 Å². The number of hydrogen-bond donors (Lipinski definition) is 1. The molecule has 0 radical (unpaired) electrons. The lowest BCUT2D eigenvalue weighted by molar-refractivity contribution is -0.117. The van der Waals surface area contributed by atoms with Gasteiger partial charge in [0.2, 0.25) is 5.91 Å². The van der Waals surface area contributed by atoms with E-state index in [9.17, 15) is 4.79 Å². The first-order valence-electron chi connectivity index (χ1n) is 7.29. The first-order chi connectivity index (χ1) is 10.2. The second-order valence-corrected chi connectivity index (χ2v) is 5.32. The summed E-state index contributed by atoms with van der Waals surface area (Å²) in [6.07, 6.45) is 1.61. The Labute approximate surface area is 124 Å². The lowest BCUT2D eigenvalue weighted by Gasteiger charge is -2.17. The van der Waals surface area contributed by atoms with Crippen molar-refractivity contribution in [3.05, 3.63) is 53.9 Å². The molecule has 3 rings (SSSR count). The van der Waals surface area contributed by atoms with Gasteiger partial charge in [-0.3, -0.25) is 9.78 Å². The summed E-state index contributed by atoms with van der Waals surface area (Å²) >= 11 is 0. The van der Waals surface area contributed by atoms with Crippen molar-refractivity contribution in [1.82, 2.24) is 4.98 Å². The average Bonchev–Trinajstić information content (AvgIpc) is 2.92. The van der Waals surface area contributed by atoms with Crippen molar-refractivity contribution < 1.29 is 4.79 Å². The molecular weight excluding hydrogens is 262 g/mol. The van der Waals surface area contributed by atoms with E-state index in [1.54, 1.807) is 0 Å². The van der Waals surface area contributed by atoms with Crippen LogP contribution >= 0.6 is 0 Å². The fourth-order valence-electron chi connectivity index (χ4n) is 2.60. The van der Waals surface area contributed by atoms with Gasteiger partial charge in [0.15, 0.2) is 0 Å². The van der Waals surface area contributed by atoms with E-state index in [-0.39, 0.29) is 5.91 Å². The molecule has 0 atom stereocenters. The van der Waals surface area contributed by atoms with Crippen LogP contribution in [0.1, 0.15) is 24.2 Å². The summed E-state index contributed by atoms with van der Waals surface area (Å²) in [5.74, 6) is 0.215. The van der Waals surface area contributed by atoms with Gasteiger partial charge < -0.3 is 10.2 Å². The van der Waals surface area contributed by atoms with Gasteiger partial charge in [0.05, 0.1) is 12.2 Å². The largest absolute Gasteiger partial charge is 0.379 e. The maximum absolute atomic E-state index is 11.8. The van der Waals surface area contributed by atoms with Crippen LogP contribution in [0.4, 0.5) is 11.4 Å². The molecule has 1 aromatic heterocycles. The molecule has 21 heavy (non-hydrogen) atoms. The minimum absolute atomic E-state index is 0.215. The van der Waals surface area contributed by atoms with Gasteiger partial charge in [-0.2, -0.15) is 0 Å². The predicted octanol–water partition coefficient (Wildman–Crippen LogP) is 3.13. The van der Waals surface area contributed by atoms with Crippen molar-refractivity contribution in [2.75, 3.05) is 16.8 Å².